The van der Waals surface area contributed by atoms with Crippen LogP contribution >= 0.6 is 0 Å². The Hall–Kier alpha value is -1.27. The zero-order chi connectivity index (χ0) is 15.0. The second-order valence-corrected chi connectivity index (χ2v) is 4.28. The van der Waals surface area contributed by atoms with E-state index in [4.69, 9.17) is 9.47 Å². The number of halogens is 3. The van der Waals surface area contributed by atoms with Crippen LogP contribution in [0.5, 0.6) is 5.75 Å². The zero-order valence-electron chi connectivity index (χ0n) is 11.3. The lowest BCUT2D eigenvalue weighted by Crippen LogP contribution is -2.12. The molecule has 0 radical (unpaired) electrons. The molecule has 20 heavy (non-hydrogen) atoms. The van der Waals surface area contributed by atoms with Crippen molar-refractivity contribution in [2.75, 3.05) is 19.8 Å². The number of para-hydroxylation sites is 1. The van der Waals surface area contributed by atoms with Crippen molar-refractivity contribution in [2.24, 2.45) is 0 Å². The molecule has 1 atom stereocenters. The number of benzene rings is 1. The van der Waals surface area contributed by atoms with E-state index in [0.29, 0.717) is 17.9 Å². The van der Waals surface area contributed by atoms with Crippen LogP contribution < -0.4 is 4.74 Å². The molecule has 1 unspecified atom stereocenters. The van der Waals surface area contributed by atoms with Gasteiger partial charge < -0.3 is 14.6 Å². The quantitative estimate of drug-likeness (QED) is 0.746. The molecule has 0 aliphatic carbocycles. The highest BCUT2D eigenvalue weighted by molar-refractivity contribution is 5.35. The van der Waals surface area contributed by atoms with Crippen molar-refractivity contribution < 1.29 is 27.8 Å². The molecule has 0 spiro atoms. The highest BCUT2D eigenvalue weighted by Gasteiger charge is 2.26. The van der Waals surface area contributed by atoms with Crippen LogP contribution in [0.1, 0.15) is 31.4 Å². The standard InChI is InChI=1S/C14H19F3O3/c1-2-20-13-7-4-3-6-11(13)12(18)10-19-9-5-8-14(15,16)17/h3-4,6-7,12,18H,2,5,8-10H2,1H3. The molecule has 1 aromatic rings. The predicted molar refractivity (Wildman–Crippen MR) is 68.7 cm³/mol. The van der Waals surface area contributed by atoms with Gasteiger partial charge in [0.2, 0.25) is 0 Å². The Kier molecular flexibility index (Phi) is 6.81. The maximum atomic E-state index is 11.9. The van der Waals surface area contributed by atoms with Crippen molar-refractivity contribution in [1.82, 2.24) is 0 Å². The summed E-state index contributed by atoms with van der Waals surface area (Å²) in [4.78, 5) is 0. The van der Waals surface area contributed by atoms with Gasteiger partial charge in [-0.2, -0.15) is 13.2 Å². The minimum atomic E-state index is -4.16. The highest BCUT2D eigenvalue weighted by Crippen LogP contribution is 2.25. The Labute approximate surface area is 116 Å². The van der Waals surface area contributed by atoms with Crippen molar-refractivity contribution in [3.63, 3.8) is 0 Å². The summed E-state index contributed by atoms with van der Waals surface area (Å²) in [5.41, 5.74) is 0.574. The molecule has 6 heteroatoms. The van der Waals surface area contributed by atoms with Crippen LogP contribution in [0.4, 0.5) is 13.2 Å². The van der Waals surface area contributed by atoms with Crippen molar-refractivity contribution in [3.05, 3.63) is 29.8 Å². The number of aliphatic hydroxyl groups excluding tert-OH is 1. The van der Waals surface area contributed by atoms with E-state index in [2.05, 4.69) is 0 Å². The van der Waals surface area contributed by atoms with Gasteiger partial charge in [0.15, 0.2) is 0 Å². The minimum Gasteiger partial charge on any atom is -0.493 e. The van der Waals surface area contributed by atoms with Crippen molar-refractivity contribution in [2.45, 2.75) is 32.0 Å². The van der Waals surface area contributed by atoms with Crippen molar-refractivity contribution >= 4 is 0 Å². The summed E-state index contributed by atoms with van der Waals surface area (Å²) >= 11 is 0. The third-order valence-corrected chi connectivity index (χ3v) is 2.60. The number of hydrogen-bond donors (Lipinski definition) is 1. The van der Waals surface area contributed by atoms with Gasteiger partial charge in [-0.3, -0.25) is 0 Å². The van der Waals surface area contributed by atoms with E-state index in [-0.39, 0.29) is 19.6 Å². The highest BCUT2D eigenvalue weighted by atomic mass is 19.4. The van der Waals surface area contributed by atoms with Gasteiger partial charge in [0.05, 0.1) is 13.2 Å². The van der Waals surface area contributed by atoms with Gasteiger partial charge >= 0.3 is 6.18 Å². The van der Waals surface area contributed by atoms with Crippen LogP contribution in [0.25, 0.3) is 0 Å². The topological polar surface area (TPSA) is 38.7 Å². The van der Waals surface area contributed by atoms with Gasteiger partial charge in [-0.15, -0.1) is 0 Å². The first-order valence-corrected chi connectivity index (χ1v) is 6.48. The molecule has 1 aromatic carbocycles. The van der Waals surface area contributed by atoms with Crippen LogP contribution in [0.2, 0.25) is 0 Å². The molecule has 0 saturated carbocycles. The third-order valence-electron chi connectivity index (χ3n) is 2.60. The fourth-order valence-corrected chi connectivity index (χ4v) is 1.70. The van der Waals surface area contributed by atoms with E-state index in [1.165, 1.54) is 0 Å². The van der Waals surface area contributed by atoms with E-state index < -0.39 is 18.7 Å². The summed E-state index contributed by atoms with van der Waals surface area (Å²) in [5, 5.41) is 9.96. The first-order valence-electron chi connectivity index (χ1n) is 6.48. The summed E-state index contributed by atoms with van der Waals surface area (Å²) in [6.07, 6.45) is -6.06. The van der Waals surface area contributed by atoms with E-state index in [1.807, 2.05) is 6.92 Å². The van der Waals surface area contributed by atoms with E-state index in [1.54, 1.807) is 24.3 Å². The fourth-order valence-electron chi connectivity index (χ4n) is 1.70. The predicted octanol–water partition coefficient (Wildman–Crippen LogP) is 3.48. The molecule has 1 N–H and O–H groups in total. The lowest BCUT2D eigenvalue weighted by atomic mass is 10.1. The Morgan fingerprint density at radius 3 is 2.60 bits per heavy atom. The lowest BCUT2D eigenvalue weighted by Gasteiger charge is -2.16. The van der Waals surface area contributed by atoms with Crippen molar-refractivity contribution in [3.8, 4) is 5.75 Å². The van der Waals surface area contributed by atoms with Gasteiger partial charge in [-0.1, -0.05) is 18.2 Å². The van der Waals surface area contributed by atoms with Gasteiger partial charge in [0.25, 0.3) is 0 Å². The van der Waals surface area contributed by atoms with Crippen molar-refractivity contribution in [1.29, 1.82) is 0 Å². The Morgan fingerprint density at radius 1 is 1.25 bits per heavy atom. The second-order valence-electron chi connectivity index (χ2n) is 4.28. The Balaban J connectivity index is 2.37. The number of hydrogen-bond acceptors (Lipinski definition) is 3. The monoisotopic (exact) mass is 292 g/mol. The average molecular weight is 292 g/mol. The Bertz CT molecular complexity index is 393. The third kappa shape index (κ3) is 6.25. The lowest BCUT2D eigenvalue weighted by molar-refractivity contribution is -0.138. The number of alkyl halides is 3. The summed E-state index contributed by atoms with van der Waals surface area (Å²) in [6.45, 7) is 2.21. The van der Waals surface area contributed by atoms with Crippen LogP contribution in [0.15, 0.2) is 24.3 Å². The average Bonchev–Trinajstić information content (AvgIpc) is 2.38. The van der Waals surface area contributed by atoms with Crippen LogP contribution in [0.3, 0.4) is 0 Å². The largest absolute Gasteiger partial charge is 0.493 e. The first-order chi connectivity index (χ1) is 9.44. The molecule has 0 aliphatic heterocycles. The minimum absolute atomic E-state index is 0.0344. The van der Waals surface area contributed by atoms with E-state index >= 15 is 0 Å². The second kappa shape index (κ2) is 8.11. The fraction of sp³-hybridized carbons (Fsp3) is 0.571. The molecule has 0 amide bonds. The maximum Gasteiger partial charge on any atom is 0.389 e. The molecule has 0 aromatic heterocycles. The molecule has 0 aliphatic rings. The van der Waals surface area contributed by atoms with Crippen LogP contribution in [-0.2, 0) is 4.74 Å². The molecule has 3 nitrogen and oxygen atoms in total. The van der Waals surface area contributed by atoms with Gasteiger partial charge in [0, 0.05) is 18.6 Å². The molecule has 0 bridgehead atoms. The molecule has 0 heterocycles. The summed E-state index contributed by atoms with van der Waals surface area (Å²) in [5.74, 6) is 0.557. The van der Waals surface area contributed by atoms with Crippen LogP contribution in [0, 0.1) is 0 Å². The zero-order valence-corrected chi connectivity index (χ0v) is 11.3. The molecular weight excluding hydrogens is 273 g/mol. The SMILES string of the molecule is CCOc1ccccc1C(O)COCCCC(F)(F)F. The molecule has 0 fully saturated rings. The van der Waals surface area contributed by atoms with Gasteiger partial charge in [-0.25, -0.2) is 0 Å². The number of aliphatic hydroxyl groups is 1. The van der Waals surface area contributed by atoms with Crippen LogP contribution in [-0.4, -0.2) is 31.1 Å². The van der Waals surface area contributed by atoms with Gasteiger partial charge in [-0.05, 0) is 19.4 Å². The molecule has 1 rings (SSSR count). The maximum absolute atomic E-state index is 11.9. The number of ether oxygens (including phenoxy) is 2. The van der Waals surface area contributed by atoms with E-state index in [0.717, 1.165) is 0 Å². The van der Waals surface area contributed by atoms with Gasteiger partial charge in [0.1, 0.15) is 11.9 Å². The smallest absolute Gasteiger partial charge is 0.389 e. The summed E-state index contributed by atoms with van der Waals surface area (Å²) in [7, 11) is 0. The summed E-state index contributed by atoms with van der Waals surface area (Å²) < 4.78 is 46.2. The Morgan fingerprint density at radius 2 is 1.95 bits per heavy atom. The van der Waals surface area contributed by atoms with E-state index in [9.17, 15) is 18.3 Å². The number of rotatable bonds is 8. The normalized spacial score (nSPS) is 13.2. The molecule has 114 valence electrons. The summed E-state index contributed by atoms with van der Waals surface area (Å²) in [6, 6.07) is 6.97. The molecule has 0 saturated heterocycles. The first kappa shape index (κ1) is 16.8. The molecular formula is C14H19F3O3.